The van der Waals surface area contributed by atoms with Crippen LogP contribution in [-0.2, 0) is 16.0 Å². The highest BCUT2D eigenvalue weighted by Gasteiger charge is 2.55. The van der Waals surface area contributed by atoms with Crippen molar-refractivity contribution in [2.24, 2.45) is 0 Å². The molecule has 3 atom stereocenters. The predicted molar refractivity (Wildman–Crippen MR) is 125 cm³/mol. The number of fused-ring (bicyclic) bond motifs is 6. The fourth-order valence-electron chi connectivity index (χ4n) is 5.66. The van der Waals surface area contributed by atoms with Crippen molar-refractivity contribution in [3.05, 3.63) is 53.8 Å². The summed E-state index contributed by atoms with van der Waals surface area (Å²) in [5, 5.41) is 3.12. The Morgan fingerprint density at radius 2 is 1.91 bits per heavy atom. The van der Waals surface area contributed by atoms with Crippen LogP contribution >= 0.6 is 0 Å². The van der Waals surface area contributed by atoms with Gasteiger partial charge in [0.25, 0.3) is 0 Å². The van der Waals surface area contributed by atoms with Crippen LogP contribution in [0.25, 0.3) is 11.1 Å². The number of halogens is 1. The molecule has 0 saturated carbocycles. The lowest BCUT2D eigenvalue weighted by molar-refractivity contribution is -0.136. The van der Waals surface area contributed by atoms with Gasteiger partial charge in [-0.15, -0.1) is 0 Å². The van der Waals surface area contributed by atoms with Crippen molar-refractivity contribution < 1.29 is 23.5 Å². The van der Waals surface area contributed by atoms with E-state index in [1.54, 1.807) is 24.1 Å². The van der Waals surface area contributed by atoms with E-state index >= 15 is 4.39 Å². The van der Waals surface area contributed by atoms with Gasteiger partial charge in [-0.2, -0.15) is 0 Å². The third kappa shape index (κ3) is 3.90. The van der Waals surface area contributed by atoms with Gasteiger partial charge >= 0.3 is 6.03 Å². The van der Waals surface area contributed by atoms with Crippen molar-refractivity contribution in [1.82, 2.24) is 15.1 Å². The number of hydrogen-bond acceptors (Lipinski definition) is 4. The quantitative estimate of drug-likeness (QED) is 0.646. The third-order valence-corrected chi connectivity index (χ3v) is 7.20. The van der Waals surface area contributed by atoms with Gasteiger partial charge in [-0.1, -0.05) is 36.4 Å². The Kier molecular flexibility index (Phi) is 5.93. The molecule has 1 spiro atoms. The van der Waals surface area contributed by atoms with Crippen LogP contribution in [0.2, 0.25) is 0 Å². The molecule has 3 aliphatic rings. The van der Waals surface area contributed by atoms with Crippen molar-refractivity contribution in [3.63, 3.8) is 0 Å². The van der Waals surface area contributed by atoms with Crippen molar-refractivity contribution in [2.45, 2.75) is 43.8 Å². The van der Waals surface area contributed by atoms with Crippen LogP contribution < -0.4 is 10.1 Å². The van der Waals surface area contributed by atoms with E-state index in [-0.39, 0.29) is 36.8 Å². The minimum Gasteiger partial charge on any atom is -0.493 e. The first kappa shape index (κ1) is 22.7. The number of rotatable bonds is 0. The molecule has 2 saturated heterocycles. The maximum absolute atomic E-state index is 16.0. The summed E-state index contributed by atoms with van der Waals surface area (Å²) in [4.78, 5) is 29.4. The van der Waals surface area contributed by atoms with Crippen LogP contribution in [0.1, 0.15) is 25.3 Å². The van der Waals surface area contributed by atoms with E-state index in [4.69, 9.17) is 9.47 Å². The summed E-state index contributed by atoms with van der Waals surface area (Å²) in [6.07, 6.45) is 1.45. The van der Waals surface area contributed by atoms with E-state index in [9.17, 15) is 9.59 Å². The van der Waals surface area contributed by atoms with Crippen LogP contribution in [-0.4, -0.2) is 72.8 Å². The first-order valence-corrected chi connectivity index (χ1v) is 11.8. The van der Waals surface area contributed by atoms with Crippen LogP contribution in [0.15, 0.2) is 42.5 Å². The van der Waals surface area contributed by atoms with Crippen molar-refractivity contribution in [3.8, 4) is 16.9 Å². The Hall–Kier alpha value is -3.13. The molecule has 8 heteroatoms. The van der Waals surface area contributed by atoms with Crippen molar-refractivity contribution >= 4 is 11.9 Å². The van der Waals surface area contributed by atoms with E-state index in [0.717, 1.165) is 0 Å². The van der Waals surface area contributed by atoms with E-state index in [1.807, 2.05) is 42.2 Å². The zero-order valence-electron chi connectivity index (χ0n) is 19.6. The summed E-state index contributed by atoms with van der Waals surface area (Å²) < 4.78 is 27.6. The van der Waals surface area contributed by atoms with Gasteiger partial charge in [-0.3, -0.25) is 4.79 Å². The normalized spacial score (nSPS) is 27.5. The van der Waals surface area contributed by atoms with Crippen LogP contribution in [0, 0.1) is 5.82 Å². The van der Waals surface area contributed by atoms with Crippen molar-refractivity contribution in [1.29, 1.82) is 0 Å². The second kappa shape index (κ2) is 8.91. The van der Waals surface area contributed by atoms with E-state index in [2.05, 4.69) is 5.32 Å². The zero-order chi connectivity index (χ0) is 23.9. The molecule has 0 aromatic heterocycles. The molecule has 7 nitrogen and oxygen atoms in total. The Bertz CT molecular complexity index is 1110. The number of nitrogens with one attached hydrogen (secondary N) is 1. The average molecular weight is 468 g/mol. The number of hydrogen-bond donors (Lipinski definition) is 1. The minimum absolute atomic E-state index is 0.00265. The highest BCUT2D eigenvalue weighted by Crippen LogP contribution is 2.40. The maximum atomic E-state index is 16.0. The number of carbonyl (C=O) groups is 2. The molecule has 1 N–H and O–H groups in total. The summed E-state index contributed by atoms with van der Waals surface area (Å²) in [6.45, 7) is 3.19. The number of amides is 3. The van der Waals surface area contributed by atoms with Gasteiger partial charge in [0, 0.05) is 30.8 Å². The van der Waals surface area contributed by atoms with E-state index in [1.165, 1.54) is 0 Å². The molecule has 0 radical (unpaired) electrons. The molecular formula is C26H30FN3O4. The second-order valence-electron chi connectivity index (χ2n) is 9.56. The lowest BCUT2D eigenvalue weighted by Gasteiger charge is -2.42. The molecule has 3 aliphatic heterocycles. The number of nitrogens with zero attached hydrogens (tertiary/aromatic N) is 2. The minimum atomic E-state index is -0.758. The lowest BCUT2D eigenvalue weighted by Crippen LogP contribution is -2.65. The first-order valence-electron chi connectivity index (χ1n) is 11.8. The molecule has 2 aromatic carbocycles. The summed E-state index contributed by atoms with van der Waals surface area (Å²) in [5.74, 6) is 0.0695. The van der Waals surface area contributed by atoms with Gasteiger partial charge in [0.15, 0.2) is 0 Å². The van der Waals surface area contributed by atoms with Gasteiger partial charge in [0.1, 0.15) is 18.2 Å². The molecule has 0 aliphatic carbocycles. The van der Waals surface area contributed by atoms with Gasteiger partial charge in [0.2, 0.25) is 5.91 Å². The molecule has 2 aromatic rings. The Morgan fingerprint density at radius 1 is 1.12 bits per heavy atom. The molecule has 3 heterocycles. The molecule has 2 unspecified atom stereocenters. The number of ether oxygens (including phenoxy) is 2. The fourth-order valence-corrected chi connectivity index (χ4v) is 5.66. The SMILES string of the molecule is C[C@@H]1CC2(COCC(=O)N2)C2Cc3cccc(c3F)-c3ccccc3OCCCN(C)C(=O)N21. The first-order chi connectivity index (χ1) is 16.4. The highest BCUT2D eigenvalue weighted by atomic mass is 19.1. The molecule has 3 amide bonds. The standard InChI is InChI=1S/C26H30FN3O4/c1-17-14-26(16-33-15-23(31)28-26)22-13-18-7-5-9-20(24(18)27)19-8-3-4-10-21(19)34-12-6-11-29(2)25(32)30(17)22/h3-5,7-10,17,22H,6,11-16H2,1-2H3,(H,28,31)/t17-,22?,26?/m1/s1. The molecule has 2 bridgehead atoms. The van der Waals surface area contributed by atoms with Gasteiger partial charge in [0.05, 0.1) is 24.8 Å². The topological polar surface area (TPSA) is 71.1 Å². The summed E-state index contributed by atoms with van der Waals surface area (Å²) in [5.41, 5.74) is 0.891. The number of morpholine rings is 1. The van der Waals surface area contributed by atoms with Gasteiger partial charge in [-0.05, 0) is 37.8 Å². The number of benzene rings is 2. The van der Waals surface area contributed by atoms with Crippen LogP contribution in [0.4, 0.5) is 9.18 Å². The van der Waals surface area contributed by atoms with Crippen LogP contribution in [0.3, 0.4) is 0 Å². The van der Waals surface area contributed by atoms with Crippen molar-refractivity contribution in [2.75, 3.05) is 33.4 Å². The average Bonchev–Trinajstić information content (AvgIpc) is 3.06. The second-order valence-corrected chi connectivity index (χ2v) is 9.56. The Balaban J connectivity index is 1.63. The molecule has 180 valence electrons. The van der Waals surface area contributed by atoms with Gasteiger partial charge < -0.3 is 24.6 Å². The largest absolute Gasteiger partial charge is 0.493 e. The molecule has 34 heavy (non-hydrogen) atoms. The zero-order valence-corrected chi connectivity index (χ0v) is 19.6. The molecular weight excluding hydrogens is 437 g/mol. The number of urea groups is 1. The summed E-state index contributed by atoms with van der Waals surface area (Å²) >= 11 is 0. The van der Waals surface area contributed by atoms with Gasteiger partial charge in [-0.25, -0.2) is 9.18 Å². The Morgan fingerprint density at radius 3 is 2.74 bits per heavy atom. The maximum Gasteiger partial charge on any atom is 0.320 e. The predicted octanol–water partition coefficient (Wildman–Crippen LogP) is 3.22. The lowest BCUT2D eigenvalue weighted by atomic mass is 9.84. The summed E-state index contributed by atoms with van der Waals surface area (Å²) in [7, 11) is 1.77. The molecule has 5 rings (SSSR count). The fraction of sp³-hybridized carbons (Fsp3) is 0.462. The van der Waals surface area contributed by atoms with Crippen LogP contribution in [0.5, 0.6) is 5.75 Å². The number of carbonyl (C=O) groups excluding carboxylic acids is 2. The monoisotopic (exact) mass is 467 g/mol. The Labute approximate surface area is 198 Å². The third-order valence-electron chi connectivity index (χ3n) is 7.20. The van der Waals surface area contributed by atoms with E-state index < -0.39 is 11.6 Å². The van der Waals surface area contributed by atoms with E-state index in [0.29, 0.717) is 55.0 Å². The highest BCUT2D eigenvalue weighted by molar-refractivity contribution is 5.80. The molecule has 2 fully saturated rings. The number of para-hydroxylation sites is 1. The summed E-state index contributed by atoms with van der Waals surface area (Å²) in [6, 6.07) is 12.1. The smallest absolute Gasteiger partial charge is 0.320 e.